The average molecular weight is 324 g/mol. The predicted octanol–water partition coefficient (Wildman–Crippen LogP) is 1.01. The van der Waals surface area contributed by atoms with Crippen LogP contribution in [0.15, 0.2) is 30.5 Å². The lowest BCUT2D eigenvalue weighted by Crippen LogP contribution is -2.25. The molecule has 0 spiro atoms. The maximum absolute atomic E-state index is 11.6. The molecule has 0 bridgehead atoms. The van der Waals surface area contributed by atoms with E-state index < -0.39 is 5.97 Å². The summed E-state index contributed by atoms with van der Waals surface area (Å²) in [5, 5.41) is 25.6. The molecular formula is C16H16N6O2. The Hall–Kier alpha value is -3.00. The zero-order chi connectivity index (χ0) is 16.7. The maximum atomic E-state index is 11.6. The zero-order valence-corrected chi connectivity index (χ0v) is 13.1. The van der Waals surface area contributed by atoms with Crippen LogP contribution in [0.1, 0.15) is 21.6 Å². The molecule has 8 nitrogen and oxygen atoms in total. The van der Waals surface area contributed by atoms with Gasteiger partial charge in [-0.3, -0.25) is 4.68 Å². The third-order valence-electron chi connectivity index (χ3n) is 4.14. The van der Waals surface area contributed by atoms with E-state index >= 15 is 0 Å². The zero-order valence-electron chi connectivity index (χ0n) is 13.1. The van der Waals surface area contributed by atoms with Gasteiger partial charge in [0.25, 0.3) is 0 Å². The van der Waals surface area contributed by atoms with Crippen LogP contribution in [0, 0.1) is 0 Å². The minimum atomic E-state index is -0.968. The molecule has 3 heterocycles. The number of aryl methyl sites for hydroxylation is 1. The van der Waals surface area contributed by atoms with Crippen LogP contribution in [0.2, 0.25) is 0 Å². The van der Waals surface area contributed by atoms with Crippen molar-refractivity contribution in [2.24, 2.45) is 7.05 Å². The first-order valence-electron chi connectivity index (χ1n) is 7.66. The SMILES string of the molecule is Cn1cc(-c2nn(-c3ccccc3C(=O)O)c3c2CNCC3)nn1. The van der Waals surface area contributed by atoms with Crippen molar-refractivity contribution in [3.63, 3.8) is 0 Å². The van der Waals surface area contributed by atoms with Crippen LogP contribution in [0.25, 0.3) is 17.1 Å². The summed E-state index contributed by atoms with van der Waals surface area (Å²) in [4.78, 5) is 11.6. The summed E-state index contributed by atoms with van der Waals surface area (Å²) in [6, 6.07) is 6.90. The van der Waals surface area contributed by atoms with E-state index in [9.17, 15) is 9.90 Å². The number of nitrogens with one attached hydrogen (secondary N) is 1. The van der Waals surface area contributed by atoms with Crippen molar-refractivity contribution in [1.29, 1.82) is 0 Å². The number of hydrogen-bond donors (Lipinski definition) is 2. The number of hydrogen-bond acceptors (Lipinski definition) is 5. The molecule has 3 aromatic rings. The van der Waals surface area contributed by atoms with Gasteiger partial charge in [0.15, 0.2) is 0 Å². The Labute approximate surface area is 137 Å². The van der Waals surface area contributed by atoms with Crippen molar-refractivity contribution in [2.75, 3.05) is 6.54 Å². The van der Waals surface area contributed by atoms with Crippen LogP contribution < -0.4 is 5.32 Å². The number of carboxylic acids is 1. The molecule has 0 amide bonds. The van der Waals surface area contributed by atoms with E-state index in [1.807, 2.05) is 12.3 Å². The van der Waals surface area contributed by atoms with E-state index in [4.69, 9.17) is 0 Å². The standard InChI is InChI=1S/C16H16N6O2/c1-21-9-12(18-20-21)15-11-8-17-7-6-14(11)22(19-15)13-5-3-2-4-10(13)16(23)24/h2-5,9,17H,6-8H2,1H3,(H,23,24). The molecular weight excluding hydrogens is 308 g/mol. The Kier molecular flexibility index (Phi) is 3.39. The number of benzene rings is 1. The van der Waals surface area contributed by atoms with Gasteiger partial charge in [-0.1, -0.05) is 17.3 Å². The molecule has 0 saturated carbocycles. The van der Waals surface area contributed by atoms with Gasteiger partial charge in [-0.2, -0.15) is 5.10 Å². The van der Waals surface area contributed by atoms with E-state index in [1.54, 1.807) is 34.6 Å². The van der Waals surface area contributed by atoms with E-state index in [0.29, 0.717) is 17.9 Å². The first-order valence-corrected chi connectivity index (χ1v) is 7.66. The maximum Gasteiger partial charge on any atom is 0.337 e. The molecule has 1 aliphatic heterocycles. The number of carboxylic acid groups (broad SMARTS) is 1. The fourth-order valence-corrected chi connectivity index (χ4v) is 3.05. The number of carbonyl (C=O) groups is 1. The summed E-state index contributed by atoms with van der Waals surface area (Å²) < 4.78 is 3.37. The van der Waals surface area contributed by atoms with Gasteiger partial charge in [-0.05, 0) is 12.1 Å². The molecule has 1 aliphatic rings. The monoisotopic (exact) mass is 324 g/mol. The molecule has 0 aliphatic carbocycles. The van der Waals surface area contributed by atoms with Crippen LogP contribution in [-0.2, 0) is 20.0 Å². The van der Waals surface area contributed by atoms with Crippen molar-refractivity contribution >= 4 is 5.97 Å². The normalized spacial score (nSPS) is 13.7. The van der Waals surface area contributed by atoms with Gasteiger partial charge < -0.3 is 10.4 Å². The molecule has 1 aromatic carbocycles. The van der Waals surface area contributed by atoms with Gasteiger partial charge in [0.05, 0.1) is 23.1 Å². The van der Waals surface area contributed by atoms with Crippen LogP contribution in [0.3, 0.4) is 0 Å². The summed E-state index contributed by atoms with van der Waals surface area (Å²) in [5.74, 6) is -0.968. The Balaban J connectivity index is 1.94. The Morgan fingerprint density at radius 2 is 2.17 bits per heavy atom. The quantitative estimate of drug-likeness (QED) is 0.746. The third-order valence-corrected chi connectivity index (χ3v) is 4.14. The van der Waals surface area contributed by atoms with Crippen molar-refractivity contribution in [3.8, 4) is 17.1 Å². The van der Waals surface area contributed by atoms with Crippen molar-refractivity contribution in [2.45, 2.75) is 13.0 Å². The van der Waals surface area contributed by atoms with Crippen molar-refractivity contribution in [3.05, 3.63) is 47.3 Å². The number of aromatic carboxylic acids is 1. The molecule has 24 heavy (non-hydrogen) atoms. The fourth-order valence-electron chi connectivity index (χ4n) is 3.05. The summed E-state index contributed by atoms with van der Waals surface area (Å²) in [6.45, 7) is 1.50. The van der Waals surface area contributed by atoms with Gasteiger partial charge in [-0.25, -0.2) is 9.48 Å². The fraction of sp³-hybridized carbons (Fsp3) is 0.250. The molecule has 2 N–H and O–H groups in total. The molecule has 0 fully saturated rings. The van der Waals surface area contributed by atoms with Gasteiger partial charge in [0, 0.05) is 32.1 Å². The second-order valence-electron chi connectivity index (χ2n) is 5.71. The number of nitrogens with zero attached hydrogens (tertiary/aromatic N) is 5. The molecule has 0 unspecified atom stereocenters. The topological polar surface area (TPSA) is 97.9 Å². The predicted molar refractivity (Wildman–Crippen MR) is 85.9 cm³/mol. The molecule has 122 valence electrons. The Bertz CT molecular complexity index is 927. The molecule has 2 aromatic heterocycles. The van der Waals surface area contributed by atoms with Gasteiger partial charge in [0.2, 0.25) is 0 Å². The van der Waals surface area contributed by atoms with Crippen LogP contribution in [0.5, 0.6) is 0 Å². The molecule has 4 rings (SSSR count). The van der Waals surface area contributed by atoms with Crippen molar-refractivity contribution < 1.29 is 9.90 Å². The van der Waals surface area contributed by atoms with E-state index in [1.165, 1.54) is 0 Å². The molecule has 0 saturated heterocycles. The second-order valence-corrected chi connectivity index (χ2v) is 5.71. The van der Waals surface area contributed by atoms with E-state index in [-0.39, 0.29) is 5.56 Å². The summed E-state index contributed by atoms with van der Waals surface area (Å²) in [7, 11) is 1.80. The van der Waals surface area contributed by atoms with E-state index in [2.05, 4.69) is 20.7 Å². The van der Waals surface area contributed by atoms with Gasteiger partial charge >= 0.3 is 5.97 Å². The molecule has 0 atom stereocenters. The summed E-state index contributed by atoms with van der Waals surface area (Å²) in [5.41, 5.74) is 4.28. The van der Waals surface area contributed by atoms with Crippen LogP contribution in [0.4, 0.5) is 0 Å². The molecule has 8 heteroatoms. The first kappa shape index (κ1) is 14.6. The van der Waals surface area contributed by atoms with Crippen LogP contribution in [-0.4, -0.2) is 42.4 Å². The lowest BCUT2D eigenvalue weighted by atomic mass is 10.1. The highest BCUT2D eigenvalue weighted by atomic mass is 16.4. The number of fused-ring (bicyclic) bond motifs is 1. The van der Waals surface area contributed by atoms with Gasteiger partial charge in [-0.15, -0.1) is 5.10 Å². The van der Waals surface area contributed by atoms with Crippen LogP contribution >= 0.6 is 0 Å². The Morgan fingerprint density at radius 3 is 2.92 bits per heavy atom. The highest BCUT2D eigenvalue weighted by molar-refractivity contribution is 5.92. The minimum Gasteiger partial charge on any atom is -0.478 e. The lowest BCUT2D eigenvalue weighted by Gasteiger charge is -2.16. The number of rotatable bonds is 3. The number of para-hydroxylation sites is 1. The summed E-state index contributed by atoms with van der Waals surface area (Å²) in [6.07, 6.45) is 2.58. The Morgan fingerprint density at radius 1 is 1.33 bits per heavy atom. The molecule has 0 radical (unpaired) electrons. The second kappa shape index (κ2) is 5.57. The first-order chi connectivity index (χ1) is 11.6. The highest BCUT2D eigenvalue weighted by Crippen LogP contribution is 2.29. The lowest BCUT2D eigenvalue weighted by molar-refractivity contribution is 0.0696. The van der Waals surface area contributed by atoms with Gasteiger partial charge in [0.1, 0.15) is 11.4 Å². The van der Waals surface area contributed by atoms with E-state index in [0.717, 1.165) is 29.9 Å². The smallest absolute Gasteiger partial charge is 0.337 e. The minimum absolute atomic E-state index is 0.229. The summed E-state index contributed by atoms with van der Waals surface area (Å²) >= 11 is 0. The third kappa shape index (κ3) is 2.28. The average Bonchev–Trinajstić information content (AvgIpc) is 3.18. The highest BCUT2D eigenvalue weighted by Gasteiger charge is 2.25. The number of aromatic nitrogens is 5. The largest absolute Gasteiger partial charge is 0.478 e. The van der Waals surface area contributed by atoms with Crippen molar-refractivity contribution in [1.82, 2.24) is 30.1 Å².